The average Bonchev–Trinajstić information content (AvgIpc) is 3.04. The van der Waals surface area contributed by atoms with Gasteiger partial charge in [0.05, 0.1) is 0 Å². The second-order valence-electron chi connectivity index (χ2n) is 7.42. The van der Waals surface area contributed by atoms with E-state index < -0.39 is 0 Å². The van der Waals surface area contributed by atoms with Gasteiger partial charge in [0.25, 0.3) is 5.91 Å². The number of amides is 1. The minimum Gasteiger partial charge on any atom is -0.371 e. The number of hydrogen-bond donors (Lipinski definition) is 0. The summed E-state index contributed by atoms with van der Waals surface area (Å²) < 4.78 is 0. The molecule has 0 N–H and O–H groups in total. The van der Waals surface area contributed by atoms with Crippen LogP contribution in [0.3, 0.4) is 0 Å². The summed E-state index contributed by atoms with van der Waals surface area (Å²) in [5.41, 5.74) is 2.94. The van der Waals surface area contributed by atoms with Gasteiger partial charge < -0.3 is 14.7 Å². The summed E-state index contributed by atoms with van der Waals surface area (Å²) in [6, 6.07) is 14.4. The molecule has 0 bridgehead atoms. The van der Waals surface area contributed by atoms with Crippen LogP contribution in [0, 0.1) is 0 Å². The van der Waals surface area contributed by atoms with Gasteiger partial charge in [-0.1, -0.05) is 31.0 Å². The molecule has 142 valence electrons. The zero-order valence-corrected chi connectivity index (χ0v) is 15.9. The van der Waals surface area contributed by atoms with E-state index in [2.05, 4.69) is 39.0 Å². The maximum Gasteiger partial charge on any atom is 0.272 e. The van der Waals surface area contributed by atoms with Crippen LogP contribution in [-0.2, 0) is 0 Å². The van der Waals surface area contributed by atoms with Crippen LogP contribution < -0.4 is 9.80 Å². The molecule has 2 aromatic rings. The first-order valence-corrected chi connectivity index (χ1v) is 10.1. The minimum atomic E-state index is 0.0550. The van der Waals surface area contributed by atoms with Gasteiger partial charge in [-0.3, -0.25) is 9.78 Å². The Balaban J connectivity index is 1.40. The number of anilines is 2. The summed E-state index contributed by atoms with van der Waals surface area (Å²) in [6.07, 6.45) is 6.85. The van der Waals surface area contributed by atoms with E-state index in [4.69, 9.17) is 0 Å². The molecule has 2 saturated heterocycles. The van der Waals surface area contributed by atoms with Crippen LogP contribution in [-0.4, -0.2) is 55.1 Å². The standard InChI is InChI=1S/C22H28N4O/c27-22(26-16-14-25(15-17-26)19-8-4-3-5-9-19)21-18-20(10-11-23-21)24-12-6-1-2-7-13-24/h3-5,8-11,18H,1-2,6-7,12-17H2. The third-order valence-electron chi connectivity index (χ3n) is 5.62. The molecule has 5 heteroatoms. The molecule has 3 heterocycles. The first kappa shape index (κ1) is 17.8. The zero-order valence-electron chi connectivity index (χ0n) is 15.9. The third-order valence-corrected chi connectivity index (χ3v) is 5.62. The molecule has 4 rings (SSSR count). The fourth-order valence-electron chi connectivity index (χ4n) is 4.03. The van der Waals surface area contributed by atoms with Gasteiger partial charge in [0.1, 0.15) is 5.69 Å². The van der Waals surface area contributed by atoms with E-state index >= 15 is 0 Å². The Morgan fingerprint density at radius 2 is 1.41 bits per heavy atom. The smallest absolute Gasteiger partial charge is 0.272 e. The van der Waals surface area contributed by atoms with Crippen molar-refractivity contribution in [1.29, 1.82) is 0 Å². The molecule has 0 saturated carbocycles. The molecular formula is C22H28N4O. The quantitative estimate of drug-likeness (QED) is 0.837. The Kier molecular flexibility index (Phi) is 5.56. The summed E-state index contributed by atoms with van der Waals surface area (Å²) in [4.78, 5) is 24.0. The molecule has 2 fully saturated rings. The SMILES string of the molecule is O=C(c1cc(N2CCCCCC2)ccn1)N1CCN(c2ccccc2)CC1. The topological polar surface area (TPSA) is 39.7 Å². The predicted octanol–water partition coefficient (Wildman–Crippen LogP) is 3.42. The molecule has 0 atom stereocenters. The van der Waals surface area contributed by atoms with Crippen molar-refractivity contribution >= 4 is 17.3 Å². The summed E-state index contributed by atoms with van der Waals surface area (Å²) in [6.45, 7) is 5.36. The van der Waals surface area contributed by atoms with Gasteiger partial charge in [-0.15, -0.1) is 0 Å². The molecule has 0 radical (unpaired) electrons. The van der Waals surface area contributed by atoms with Crippen LogP contribution in [0.25, 0.3) is 0 Å². The molecule has 2 aliphatic heterocycles. The number of piperazine rings is 1. The van der Waals surface area contributed by atoms with Crippen LogP contribution in [0.1, 0.15) is 36.2 Å². The number of carbonyl (C=O) groups excluding carboxylic acids is 1. The van der Waals surface area contributed by atoms with E-state index in [0.29, 0.717) is 5.69 Å². The summed E-state index contributed by atoms with van der Waals surface area (Å²) in [5, 5.41) is 0. The molecule has 0 spiro atoms. The molecule has 0 aliphatic carbocycles. The van der Waals surface area contributed by atoms with Crippen LogP contribution in [0.5, 0.6) is 0 Å². The van der Waals surface area contributed by atoms with Crippen molar-refractivity contribution in [2.24, 2.45) is 0 Å². The highest BCUT2D eigenvalue weighted by Gasteiger charge is 2.23. The normalized spacial score (nSPS) is 18.3. The molecule has 1 aromatic carbocycles. The number of rotatable bonds is 3. The lowest BCUT2D eigenvalue weighted by atomic mass is 10.2. The van der Waals surface area contributed by atoms with Crippen molar-refractivity contribution in [3.05, 3.63) is 54.4 Å². The van der Waals surface area contributed by atoms with E-state index in [0.717, 1.165) is 45.0 Å². The van der Waals surface area contributed by atoms with Crippen molar-refractivity contribution in [2.75, 3.05) is 49.1 Å². The van der Waals surface area contributed by atoms with E-state index in [1.807, 2.05) is 23.1 Å². The molecule has 5 nitrogen and oxygen atoms in total. The van der Waals surface area contributed by atoms with E-state index in [9.17, 15) is 4.79 Å². The summed E-state index contributed by atoms with van der Waals surface area (Å²) in [7, 11) is 0. The molecule has 27 heavy (non-hydrogen) atoms. The number of para-hydroxylation sites is 1. The van der Waals surface area contributed by atoms with Gasteiger partial charge in [0, 0.05) is 56.8 Å². The van der Waals surface area contributed by atoms with E-state index in [1.165, 1.54) is 31.4 Å². The lowest BCUT2D eigenvalue weighted by molar-refractivity contribution is 0.0741. The van der Waals surface area contributed by atoms with Crippen molar-refractivity contribution in [3.63, 3.8) is 0 Å². The fraction of sp³-hybridized carbons (Fsp3) is 0.455. The fourth-order valence-corrected chi connectivity index (χ4v) is 4.03. The number of aromatic nitrogens is 1. The van der Waals surface area contributed by atoms with Crippen LogP contribution >= 0.6 is 0 Å². The Morgan fingerprint density at radius 3 is 2.11 bits per heavy atom. The van der Waals surface area contributed by atoms with Gasteiger partial charge in [-0.25, -0.2) is 0 Å². The first-order chi connectivity index (χ1) is 13.3. The van der Waals surface area contributed by atoms with Gasteiger partial charge in [0.15, 0.2) is 0 Å². The summed E-state index contributed by atoms with van der Waals surface area (Å²) >= 11 is 0. The lowest BCUT2D eigenvalue weighted by Gasteiger charge is -2.36. The van der Waals surface area contributed by atoms with Crippen molar-refractivity contribution in [1.82, 2.24) is 9.88 Å². The number of carbonyl (C=O) groups is 1. The van der Waals surface area contributed by atoms with Gasteiger partial charge in [0.2, 0.25) is 0 Å². The largest absolute Gasteiger partial charge is 0.371 e. The zero-order chi connectivity index (χ0) is 18.5. The molecule has 2 aliphatic rings. The van der Waals surface area contributed by atoms with E-state index in [1.54, 1.807) is 6.20 Å². The van der Waals surface area contributed by atoms with Gasteiger partial charge in [-0.05, 0) is 37.1 Å². The van der Waals surface area contributed by atoms with Gasteiger partial charge in [-0.2, -0.15) is 0 Å². The number of benzene rings is 1. The second-order valence-corrected chi connectivity index (χ2v) is 7.42. The van der Waals surface area contributed by atoms with Crippen LogP contribution in [0.15, 0.2) is 48.7 Å². The molecule has 1 aromatic heterocycles. The van der Waals surface area contributed by atoms with Crippen LogP contribution in [0.2, 0.25) is 0 Å². The van der Waals surface area contributed by atoms with Crippen molar-refractivity contribution in [2.45, 2.75) is 25.7 Å². The first-order valence-electron chi connectivity index (χ1n) is 10.1. The van der Waals surface area contributed by atoms with Crippen LogP contribution in [0.4, 0.5) is 11.4 Å². The average molecular weight is 364 g/mol. The monoisotopic (exact) mass is 364 g/mol. The Hall–Kier alpha value is -2.56. The highest BCUT2D eigenvalue weighted by atomic mass is 16.2. The summed E-state index contributed by atoms with van der Waals surface area (Å²) in [5.74, 6) is 0.0550. The maximum atomic E-state index is 13.0. The van der Waals surface area contributed by atoms with E-state index in [-0.39, 0.29) is 5.91 Å². The Bertz CT molecular complexity index is 748. The van der Waals surface area contributed by atoms with Crippen molar-refractivity contribution < 1.29 is 4.79 Å². The lowest BCUT2D eigenvalue weighted by Crippen LogP contribution is -2.49. The second kappa shape index (κ2) is 8.42. The maximum absolute atomic E-state index is 13.0. The third kappa shape index (κ3) is 4.24. The number of nitrogens with zero attached hydrogens (tertiary/aromatic N) is 4. The Morgan fingerprint density at radius 1 is 0.741 bits per heavy atom. The molecule has 0 unspecified atom stereocenters. The number of hydrogen-bond acceptors (Lipinski definition) is 4. The highest BCUT2D eigenvalue weighted by molar-refractivity contribution is 5.93. The predicted molar refractivity (Wildman–Crippen MR) is 109 cm³/mol. The minimum absolute atomic E-state index is 0.0550. The van der Waals surface area contributed by atoms with Gasteiger partial charge >= 0.3 is 0 Å². The Labute approximate surface area is 161 Å². The molecule has 1 amide bonds. The highest BCUT2D eigenvalue weighted by Crippen LogP contribution is 2.21. The number of pyridine rings is 1. The van der Waals surface area contributed by atoms with Crippen molar-refractivity contribution in [3.8, 4) is 0 Å². The molecular weight excluding hydrogens is 336 g/mol.